The summed E-state index contributed by atoms with van der Waals surface area (Å²) in [5.74, 6) is 0.0529. The van der Waals surface area contributed by atoms with Crippen LogP contribution in [-0.4, -0.2) is 41.4 Å². The second kappa shape index (κ2) is 7.11. The minimum atomic E-state index is -0.789. The van der Waals surface area contributed by atoms with Crippen LogP contribution in [0.1, 0.15) is 66.2 Å². The third-order valence-corrected chi connectivity index (χ3v) is 5.46. The highest BCUT2D eigenvalue weighted by molar-refractivity contribution is 6.09. The largest absolute Gasteiger partial charge is 0.355 e. The molecular weight excluding hydrogens is 306 g/mol. The average molecular weight is 337 g/mol. The number of rotatable bonds is 5. The number of nitrogens with one attached hydrogen (secondary N) is 2. The van der Waals surface area contributed by atoms with Gasteiger partial charge in [-0.2, -0.15) is 0 Å². The van der Waals surface area contributed by atoms with E-state index in [-0.39, 0.29) is 23.8 Å². The first-order valence-corrected chi connectivity index (χ1v) is 9.10. The van der Waals surface area contributed by atoms with Gasteiger partial charge in [0, 0.05) is 6.54 Å². The Morgan fingerprint density at radius 2 is 1.92 bits per heavy atom. The summed E-state index contributed by atoms with van der Waals surface area (Å²) < 4.78 is 0. The highest BCUT2D eigenvalue weighted by Gasteiger charge is 2.53. The van der Waals surface area contributed by atoms with E-state index in [1.54, 1.807) is 0 Å². The van der Waals surface area contributed by atoms with E-state index in [1.165, 1.54) is 0 Å². The van der Waals surface area contributed by atoms with Crippen LogP contribution < -0.4 is 10.6 Å². The van der Waals surface area contributed by atoms with E-state index in [2.05, 4.69) is 31.4 Å². The Kier molecular flexibility index (Phi) is 5.56. The second-order valence-electron chi connectivity index (χ2n) is 8.25. The van der Waals surface area contributed by atoms with E-state index < -0.39 is 11.6 Å². The van der Waals surface area contributed by atoms with Crippen molar-refractivity contribution in [2.24, 2.45) is 11.3 Å². The molecule has 0 aromatic heterocycles. The fraction of sp³-hybridized carbons (Fsp3) is 0.833. The molecule has 24 heavy (non-hydrogen) atoms. The van der Waals surface area contributed by atoms with Crippen LogP contribution in [0.2, 0.25) is 0 Å². The molecule has 6 nitrogen and oxygen atoms in total. The molecular formula is C18H31N3O3. The van der Waals surface area contributed by atoms with Gasteiger partial charge in [0.05, 0.1) is 0 Å². The number of carbonyl (C=O) groups is 3. The molecule has 0 aromatic rings. The Labute approximate surface area is 144 Å². The molecule has 2 N–H and O–H groups in total. The molecule has 0 aromatic carbocycles. The van der Waals surface area contributed by atoms with E-state index in [0.29, 0.717) is 25.3 Å². The molecule has 2 rings (SSSR count). The third-order valence-electron chi connectivity index (χ3n) is 5.46. The molecule has 2 aliphatic rings. The number of urea groups is 1. The van der Waals surface area contributed by atoms with Crippen molar-refractivity contribution in [1.29, 1.82) is 0 Å². The Hall–Kier alpha value is -1.59. The van der Waals surface area contributed by atoms with Gasteiger partial charge in [-0.1, -0.05) is 34.1 Å². The van der Waals surface area contributed by atoms with Crippen molar-refractivity contribution >= 4 is 17.8 Å². The maximum absolute atomic E-state index is 12.8. The summed E-state index contributed by atoms with van der Waals surface area (Å²) in [6.07, 6.45) is 5.05. The minimum Gasteiger partial charge on any atom is -0.355 e. The van der Waals surface area contributed by atoms with Crippen LogP contribution in [0.25, 0.3) is 0 Å². The summed E-state index contributed by atoms with van der Waals surface area (Å²) in [6.45, 7) is 9.10. The van der Waals surface area contributed by atoms with Gasteiger partial charge in [-0.15, -0.1) is 0 Å². The lowest BCUT2D eigenvalue weighted by molar-refractivity contribution is -0.136. The number of amides is 4. The van der Waals surface area contributed by atoms with Crippen molar-refractivity contribution in [2.75, 3.05) is 13.1 Å². The quantitative estimate of drug-likeness (QED) is 0.597. The summed E-state index contributed by atoms with van der Waals surface area (Å²) >= 11 is 0. The zero-order valence-electron chi connectivity index (χ0n) is 15.4. The van der Waals surface area contributed by atoms with Gasteiger partial charge >= 0.3 is 6.03 Å². The molecule has 1 spiro atoms. The smallest absolute Gasteiger partial charge is 0.325 e. The van der Waals surface area contributed by atoms with Crippen LogP contribution in [-0.2, 0) is 9.59 Å². The van der Waals surface area contributed by atoms with Crippen molar-refractivity contribution in [3.8, 4) is 0 Å². The van der Waals surface area contributed by atoms with E-state index in [1.807, 2.05) is 6.92 Å². The molecule has 136 valence electrons. The van der Waals surface area contributed by atoms with Gasteiger partial charge in [-0.05, 0) is 43.4 Å². The molecule has 6 heteroatoms. The SMILES string of the molecule is CCCCNC(=O)CN1C(=O)NC2(CCC(C(C)(C)C)CC2)C1=O. The summed E-state index contributed by atoms with van der Waals surface area (Å²) in [6, 6.07) is -0.431. The first-order chi connectivity index (χ1) is 11.2. The third kappa shape index (κ3) is 3.90. The highest BCUT2D eigenvalue weighted by atomic mass is 16.2. The van der Waals surface area contributed by atoms with Gasteiger partial charge < -0.3 is 10.6 Å². The summed E-state index contributed by atoms with van der Waals surface area (Å²) in [4.78, 5) is 38.0. The fourth-order valence-electron chi connectivity index (χ4n) is 3.74. The molecule has 1 heterocycles. The predicted octanol–water partition coefficient (Wildman–Crippen LogP) is 2.43. The van der Waals surface area contributed by atoms with Crippen LogP contribution in [0.5, 0.6) is 0 Å². The molecule has 1 aliphatic carbocycles. The maximum Gasteiger partial charge on any atom is 0.325 e. The maximum atomic E-state index is 12.8. The molecule has 2 fully saturated rings. The first kappa shape index (κ1) is 18.7. The zero-order chi connectivity index (χ0) is 18.0. The zero-order valence-corrected chi connectivity index (χ0v) is 15.4. The van der Waals surface area contributed by atoms with Gasteiger partial charge in [-0.3, -0.25) is 14.5 Å². The number of unbranched alkanes of at least 4 members (excludes halogenated alkanes) is 1. The summed E-state index contributed by atoms with van der Waals surface area (Å²) in [7, 11) is 0. The van der Waals surface area contributed by atoms with Crippen molar-refractivity contribution < 1.29 is 14.4 Å². The summed E-state index contributed by atoms with van der Waals surface area (Å²) in [5.41, 5.74) is -0.575. The number of carbonyl (C=O) groups excluding carboxylic acids is 3. The van der Waals surface area contributed by atoms with Gasteiger partial charge in [0.25, 0.3) is 5.91 Å². The Bertz CT molecular complexity index is 502. The standard InChI is InChI=1S/C18H31N3O3/c1-5-6-11-19-14(22)12-21-15(23)18(20-16(21)24)9-7-13(8-10-18)17(2,3)4/h13H,5-12H2,1-4H3,(H,19,22)(H,20,24). The minimum absolute atomic E-state index is 0.182. The summed E-state index contributed by atoms with van der Waals surface area (Å²) in [5, 5.41) is 5.63. The molecule has 0 unspecified atom stereocenters. The monoisotopic (exact) mass is 337 g/mol. The topological polar surface area (TPSA) is 78.5 Å². The van der Waals surface area contributed by atoms with E-state index >= 15 is 0 Å². The molecule has 0 radical (unpaired) electrons. The molecule has 0 bridgehead atoms. The highest BCUT2D eigenvalue weighted by Crippen LogP contribution is 2.43. The van der Waals surface area contributed by atoms with Gasteiger partial charge in [0.2, 0.25) is 5.91 Å². The van der Waals surface area contributed by atoms with Crippen molar-refractivity contribution in [2.45, 2.75) is 71.8 Å². The Balaban J connectivity index is 1.95. The second-order valence-corrected chi connectivity index (χ2v) is 8.25. The lowest BCUT2D eigenvalue weighted by Gasteiger charge is -2.40. The first-order valence-electron chi connectivity index (χ1n) is 9.10. The molecule has 0 atom stereocenters. The van der Waals surface area contributed by atoms with E-state index in [0.717, 1.165) is 30.6 Å². The normalized spacial score (nSPS) is 27.5. The molecule has 4 amide bonds. The Morgan fingerprint density at radius 1 is 1.29 bits per heavy atom. The van der Waals surface area contributed by atoms with Gasteiger partial charge in [0.15, 0.2) is 0 Å². The lowest BCUT2D eigenvalue weighted by Crippen LogP contribution is -2.51. The van der Waals surface area contributed by atoms with Crippen molar-refractivity contribution in [3.63, 3.8) is 0 Å². The number of imide groups is 1. The van der Waals surface area contributed by atoms with E-state index in [9.17, 15) is 14.4 Å². The van der Waals surface area contributed by atoms with Crippen LogP contribution in [0, 0.1) is 11.3 Å². The van der Waals surface area contributed by atoms with Crippen molar-refractivity contribution in [3.05, 3.63) is 0 Å². The van der Waals surface area contributed by atoms with Crippen molar-refractivity contribution in [1.82, 2.24) is 15.5 Å². The number of nitrogens with zero attached hydrogens (tertiary/aromatic N) is 1. The molecule has 1 saturated carbocycles. The van der Waals surface area contributed by atoms with Crippen LogP contribution in [0.4, 0.5) is 4.79 Å². The van der Waals surface area contributed by atoms with Gasteiger partial charge in [0.1, 0.15) is 12.1 Å². The number of hydrogen-bond acceptors (Lipinski definition) is 3. The predicted molar refractivity (Wildman–Crippen MR) is 92.3 cm³/mol. The van der Waals surface area contributed by atoms with Gasteiger partial charge in [-0.25, -0.2) is 4.79 Å². The number of hydrogen-bond donors (Lipinski definition) is 2. The average Bonchev–Trinajstić information content (AvgIpc) is 2.71. The Morgan fingerprint density at radius 3 is 2.46 bits per heavy atom. The van der Waals surface area contributed by atoms with Crippen LogP contribution >= 0.6 is 0 Å². The lowest BCUT2D eigenvalue weighted by atomic mass is 9.67. The molecule has 1 aliphatic heterocycles. The van der Waals surface area contributed by atoms with E-state index in [4.69, 9.17) is 0 Å². The fourth-order valence-corrected chi connectivity index (χ4v) is 3.74. The van der Waals surface area contributed by atoms with Crippen LogP contribution in [0.3, 0.4) is 0 Å². The van der Waals surface area contributed by atoms with Crippen LogP contribution in [0.15, 0.2) is 0 Å². The molecule has 1 saturated heterocycles.